The summed E-state index contributed by atoms with van der Waals surface area (Å²) in [5.74, 6) is 1.62. The summed E-state index contributed by atoms with van der Waals surface area (Å²) in [5, 5.41) is 0.289. The Morgan fingerprint density at radius 2 is 1.73 bits per heavy atom. The third kappa shape index (κ3) is 3.13. The molecule has 2 heterocycles. The van der Waals surface area contributed by atoms with Crippen molar-refractivity contribution in [2.45, 2.75) is 50.2 Å². The van der Waals surface area contributed by atoms with Gasteiger partial charge in [-0.15, -0.1) is 11.8 Å². The van der Waals surface area contributed by atoms with Crippen LogP contribution in [0, 0.1) is 0 Å². The molecule has 2 nitrogen and oxygen atoms in total. The van der Waals surface area contributed by atoms with Gasteiger partial charge in [-0.1, -0.05) is 19.3 Å². The van der Waals surface area contributed by atoms with Crippen molar-refractivity contribution in [2.75, 3.05) is 18.8 Å². The summed E-state index contributed by atoms with van der Waals surface area (Å²) in [6, 6.07) is 0. The number of rotatable bonds is 1. The second kappa shape index (κ2) is 5.78. The number of carbonyl (C=O) groups is 1. The lowest BCUT2D eigenvalue weighted by Gasteiger charge is -2.27. The van der Waals surface area contributed by atoms with E-state index >= 15 is 0 Å². The molecule has 1 amide bonds. The molecule has 1 atom stereocenters. The smallest absolute Gasteiger partial charge is 0.235 e. The summed E-state index contributed by atoms with van der Waals surface area (Å²) < 4.78 is 0. The number of carbonyl (C=O) groups excluding carboxylic acids is 1. The van der Waals surface area contributed by atoms with Crippen LogP contribution in [0.2, 0.25) is 0 Å². The lowest BCUT2D eigenvalue weighted by Crippen LogP contribution is -2.39. The highest BCUT2D eigenvalue weighted by molar-refractivity contribution is 8.00. The average Bonchev–Trinajstić information content (AvgIpc) is 2.58. The van der Waals surface area contributed by atoms with Gasteiger partial charge in [-0.25, -0.2) is 0 Å². The van der Waals surface area contributed by atoms with Crippen LogP contribution in [0.1, 0.15) is 44.9 Å². The monoisotopic (exact) mass is 227 g/mol. The Morgan fingerprint density at radius 1 is 1.00 bits per heavy atom. The molecular formula is C12H21NOS. The normalized spacial score (nSPS) is 28.5. The van der Waals surface area contributed by atoms with Crippen LogP contribution in [-0.4, -0.2) is 34.9 Å². The highest BCUT2D eigenvalue weighted by atomic mass is 32.2. The summed E-state index contributed by atoms with van der Waals surface area (Å²) in [6.07, 6.45) is 8.70. The van der Waals surface area contributed by atoms with Crippen LogP contribution < -0.4 is 0 Å². The van der Waals surface area contributed by atoms with E-state index in [0.717, 1.165) is 19.5 Å². The van der Waals surface area contributed by atoms with Crippen molar-refractivity contribution < 1.29 is 4.79 Å². The molecule has 0 aliphatic carbocycles. The fourth-order valence-corrected chi connectivity index (χ4v) is 3.71. The van der Waals surface area contributed by atoms with Gasteiger partial charge in [-0.3, -0.25) is 4.79 Å². The summed E-state index contributed by atoms with van der Waals surface area (Å²) >= 11 is 1.88. The van der Waals surface area contributed by atoms with Crippen LogP contribution in [0.15, 0.2) is 0 Å². The molecule has 1 unspecified atom stereocenters. The van der Waals surface area contributed by atoms with E-state index in [-0.39, 0.29) is 5.25 Å². The van der Waals surface area contributed by atoms with Crippen molar-refractivity contribution in [3.63, 3.8) is 0 Å². The largest absolute Gasteiger partial charge is 0.342 e. The van der Waals surface area contributed by atoms with Crippen LogP contribution >= 0.6 is 11.8 Å². The predicted octanol–water partition coefficient (Wildman–Crippen LogP) is 2.67. The summed E-state index contributed by atoms with van der Waals surface area (Å²) in [6.45, 7) is 2.02. The van der Waals surface area contributed by atoms with E-state index in [1.54, 1.807) is 0 Å². The molecule has 0 aromatic carbocycles. The molecule has 3 heteroatoms. The topological polar surface area (TPSA) is 20.3 Å². The molecule has 2 rings (SSSR count). The Hall–Kier alpha value is -0.180. The maximum atomic E-state index is 12.2. The lowest BCUT2D eigenvalue weighted by molar-refractivity contribution is -0.130. The van der Waals surface area contributed by atoms with Crippen molar-refractivity contribution in [3.05, 3.63) is 0 Å². The molecule has 0 radical (unpaired) electrons. The Bertz CT molecular complexity index is 206. The number of hydrogen-bond donors (Lipinski definition) is 0. The Labute approximate surface area is 96.8 Å². The first-order valence-electron chi connectivity index (χ1n) is 6.28. The lowest BCUT2D eigenvalue weighted by atomic mass is 10.1. The number of amides is 1. The predicted molar refractivity (Wildman–Crippen MR) is 65.1 cm³/mol. The van der Waals surface area contributed by atoms with Crippen LogP contribution in [0.25, 0.3) is 0 Å². The van der Waals surface area contributed by atoms with Crippen LogP contribution in [0.3, 0.4) is 0 Å². The fourth-order valence-electron chi connectivity index (χ4n) is 2.43. The molecule has 0 aromatic heterocycles. The van der Waals surface area contributed by atoms with E-state index in [4.69, 9.17) is 0 Å². The minimum Gasteiger partial charge on any atom is -0.342 e. The number of thioether (sulfide) groups is 1. The van der Waals surface area contributed by atoms with E-state index in [1.165, 1.54) is 44.3 Å². The molecule has 0 aromatic rings. The standard InChI is InChI=1S/C12H21NOS/c14-12(11-7-3-6-10-15-11)13-8-4-1-2-5-9-13/h11H,1-10H2. The van der Waals surface area contributed by atoms with Gasteiger partial charge < -0.3 is 4.90 Å². The van der Waals surface area contributed by atoms with Gasteiger partial charge in [0.15, 0.2) is 0 Å². The van der Waals surface area contributed by atoms with Gasteiger partial charge in [0.2, 0.25) is 5.91 Å². The number of nitrogens with zero attached hydrogens (tertiary/aromatic N) is 1. The molecule has 86 valence electrons. The highest BCUT2D eigenvalue weighted by Gasteiger charge is 2.26. The van der Waals surface area contributed by atoms with Crippen molar-refractivity contribution in [1.29, 1.82) is 0 Å². The summed E-state index contributed by atoms with van der Waals surface area (Å²) in [7, 11) is 0. The van der Waals surface area contributed by atoms with Gasteiger partial charge in [-0.05, 0) is 31.4 Å². The third-order valence-corrected chi connectivity index (χ3v) is 4.74. The molecule has 2 saturated heterocycles. The van der Waals surface area contributed by atoms with Gasteiger partial charge in [-0.2, -0.15) is 0 Å². The van der Waals surface area contributed by atoms with E-state index in [2.05, 4.69) is 4.90 Å². The second-order valence-electron chi connectivity index (χ2n) is 4.59. The minimum absolute atomic E-state index is 0.289. The van der Waals surface area contributed by atoms with Crippen molar-refractivity contribution in [1.82, 2.24) is 4.90 Å². The Morgan fingerprint density at radius 3 is 2.33 bits per heavy atom. The minimum atomic E-state index is 0.289. The van der Waals surface area contributed by atoms with Gasteiger partial charge in [0.1, 0.15) is 0 Å². The molecule has 15 heavy (non-hydrogen) atoms. The average molecular weight is 227 g/mol. The van der Waals surface area contributed by atoms with E-state index in [1.807, 2.05) is 11.8 Å². The molecule has 0 spiro atoms. The fraction of sp³-hybridized carbons (Fsp3) is 0.917. The Balaban J connectivity index is 1.87. The van der Waals surface area contributed by atoms with E-state index in [9.17, 15) is 4.79 Å². The maximum absolute atomic E-state index is 12.2. The van der Waals surface area contributed by atoms with E-state index < -0.39 is 0 Å². The molecule has 2 aliphatic rings. The molecule has 0 saturated carbocycles. The summed E-state index contributed by atoms with van der Waals surface area (Å²) in [5.41, 5.74) is 0. The number of hydrogen-bond acceptors (Lipinski definition) is 2. The third-order valence-electron chi connectivity index (χ3n) is 3.37. The van der Waals surface area contributed by atoms with Gasteiger partial charge in [0.25, 0.3) is 0 Å². The first-order chi connectivity index (χ1) is 7.38. The zero-order valence-electron chi connectivity index (χ0n) is 9.41. The first-order valence-corrected chi connectivity index (χ1v) is 7.33. The highest BCUT2D eigenvalue weighted by Crippen LogP contribution is 2.27. The van der Waals surface area contributed by atoms with Crippen LogP contribution in [0.5, 0.6) is 0 Å². The van der Waals surface area contributed by atoms with E-state index in [0.29, 0.717) is 5.91 Å². The number of likely N-dealkylation sites (tertiary alicyclic amines) is 1. The van der Waals surface area contributed by atoms with Crippen molar-refractivity contribution in [2.24, 2.45) is 0 Å². The van der Waals surface area contributed by atoms with Gasteiger partial charge in [0, 0.05) is 13.1 Å². The van der Waals surface area contributed by atoms with Gasteiger partial charge in [0.05, 0.1) is 5.25 Å². The second-order valence-corrected chi connectivity index (χ2v) is 5.91. The zero-order valence-corrected chi connectivity index (χ0v) is 10.2. The molecular weight excluding hydrogens is 206 g/mol. The van der Waals surface area contributed by atoms with Crippen LogP contribution in [0.4, 0.5) is 0 Å². The van der Waals surface area contributed by atoms with Gasteiger partial charge >= 0.3 is 0 Å². The molecule has 2 fully saturated rings. The summed E-state index contributed by atoms with van der Waals surface area (Å²) in [4.78, 5) is 14.3. The van der Waals surface area contributed by atoms with Crippen molar-refractivity contribution >= 4 is 17.7 Å². The Kier molecular flexibility index (Phi) is 4.36. The molecule has 0 bridgehead atoms. The van der Waals surface area contributed by atoms with Crippen LogP contribution in [-0.2, 0) is 4.79 Å². The maximum Gasteiger partial charge on any atom is 0.235 e. The molecule has 0 N–H and O–H groups in total. The van der Waals surface area contributed by atoms with Crippen molar-refractivity contribution in [3.8, 4) is 0 Å². The first kappa shape index (κ1) is 11.3. The quantitative estimate of drug-likeness (QED) is 0.686. The SMILES string of the molecule is O=C(C1CCCCS1)N1CCCCCC1. The molecule has 2 aliphatic heterocycles. The zero-order chi connectivity index (χ0) is 10.5.